The van der Waals surface area contributed by atoms with Gasteiger partial charge in [-0.15, -0.1) is 0 Å². The molecule has 1 aliphatic rings. The summed E-state index contributed by atoms with van der Waals surface area (Å²) in [6, 6.07) is 25.4. The zero-order valence-electron chi connectivity index (χ0n) is 15.8. The largest absolute Gasteiger partial charge is 0.361 e. The molecule has 0 saturated carbocycles. The first-order valence-electron chi connectivity index (χ1n) is 9.55. The minimum absolute atomic E-state index is 0.0269. The van der Waals surface area contributed by atoms with Crippen LogP contribution in [-0.4, -0.2) is 22.6 Å². The molecule has 0 amide bonds. The fourth-order valence-corrected chi connectivity index (χ4v) is 3.71. The van der Waals surface area contributed by atoms with Gasteiger partial charge >= 0.3 is 0 Å². The van der Waals surface area contributed by atoms with Crippen LogP contribution in [0.15, 0.2) is 78.9 Å². The Labute approximate surface area is 163 Å². The zero-order chi connectivity index (χ0) is 19.1. The standard InChI is InChI=1S/C25H21NO2/c1-25(17-28-25)24(27)14-12-18-11-13-23-21(15-18)20-9-5-6-10-22(20)26(23)16-19-7-3-2-4-8-19/h2-15H,16-17H2,1H3/b14-12+/t25-/m1/s1. The lowest BCUT2D eigenvalue weighted by Gasteiger charge is -2.08. The number of hydrogen-bond acceptors (Lipinski definition) is 2. The summed E-state index contributed by atoms with van der Waals surface area (Å²) >= 11 is 0. The first kappa shape index (κ1) is 17.0. The van der Waals surface area contributed by atoms with Crippen molar-refractivity contribution < 1.29 is 9.53 Å². The predicted molar refractivity (Wildman–Crippen MR) is 113 cm³/mol. The van der Waals surface area contributed by atoms with Gasteiger partial charge in [-0.3, -0.25) is 4.79 Å². The van der Waals surface area contributed by atoms with Crippen LogP contribution < -0.4 is 0 Å². The SMILES string of the molecule is C[C@]1(C(=O)/C=C/c2ccc3c(c2)c2ccccc2n3Cc2ccccc2)CO1. The van der Waals surface area contributed by atoms with Crippen LogP contribution >= 0.6 is 0 Å². The van der Waals surface area contributed by atoms with E-state index in [0.717, 1.165) is 12.1 Å². The van der Waals surface area contributed by atoms with E-state index in [9.17, 15) is 4.79 Å². The van der Waals surface area contributed by atoms with Crippen LogP contribution in [0.1, 0.15) is 18.1 Å². The molecule has 1 aliphatic heterocycles. The van der Waals surface area contributed by atoms with Crippen molar-refractivity contribution >= 4 is 33.7 Å². The molecule has 3 heteroatoms. The molecule has 0 aliphatic carbocycles. The third kappa shape index (κ3) is 2.94. The fourth-order valence-electron chi connectivity index (χ4n) is 3.71. The lowest BCUT2D eigenvalue weighted by Crippen LogP contribution is -2.17. The van der Waals surface area contributed by atoms with Gasteiger partial charge in [-0.2, -0.15) is 0 Å². The Balaban J connectivity index is 1.59. The summed E-state index contributed by atoms with van der Waals surface area (Å²) in [4.78, 5) is 12.2. The second-order valence-electron chi connectivity index (χ2n) is 7.58. The second kappa shape index (κ2) is 6.47. The highest BCUT2D eigenvalue weighted by molar-refractivity contribution is 6.09. The number of rotatable bonds is 5. The van der Waals surface area contributed by atoms with Crippen molar-refractivity contribution in [2.24, 2.45) is 0 Å². The van der Waals surface area contributed by atoms with Crippen molar-refractivity contribution in [3.05, 3.63) is 90.0 Å². The fraction of sp³-hybridized carbons (Fsp3) is 0.160. The number of carbonyl (C=O) groups excluding carboxylic acids is 1. The highest BCUT2D eigenvalue weighted by atomic mass is 16.6. The summed E-state index contributed by atoms with van der Waals surface area (Å²) in [5, 5.41) is 2.43. The molecule has 1 aromatic heterocycles. The molecule has 0 bridgehead atoms. The molecular formula is C25H21NO2. The molecule has 1 fully saturated rings. The van der Waals surface area contributed by atoms with Crippen LogP contribution in [0, 0.1) is 0 Å². The van der Waals surface area contributed by atoms with E-state index in [0.29, 0.717) is 6.61 Å². The minimum Gasteiger partial charge on any atom is -0.361 e. The average molecular weight is 367 g/mol. The van der Waals surface area contributed by atoms with Gasteiger partial charge in [0.1, 0.15) is 0 Å². The van der Waals surface area contributed by atoms with Crippen LogP contribution in [0.2, 0.25) is 0 Å². The molecule has 1 atom stereocenters. The smallest absolute Gasteiger partial charge is 0.189 e. The third-order valence-corrected chi connectivity index (χ3v) is 5.51. The molecule has 4 aromatic rings. The van der Waals surface area contributed by atoms with Crippen LogP contribution in [0.4, 0.5) is 0 Å². The van der Waals surface area contributed by atoms with E-state index >= 15 is 0 Å². The predicted octanol–water partition coefficient (Wildman–Crippen LogP) is 5.21. The topological polar surface area (TPSA) is 34.5 Å². The second-order valence-corrected chi connectivity index (χ2v) is 7.58. The Hall–Kier alpha value is -3.17. The Morgan fingerprint density at radius 3 is 2.50 bits per heavy atom. The maximum absolute atomic E-state index is 12.2. The van der Waals surface area contributed by atoms with Crippen LogP contribution in [0.3, 0.4) is 0 Å². The molecule has 0 N–H and O–H groups in total. The van der Waals surface area contributed by atoms with E-state index in [1.807, 2.05) is 19.1 Å². The van der Waals surface area contributed by atoms with Gasteiger partial charge in [-0.1, -0.05) is 60.7 Å². The number of nitrogens with zero attached hydrogens (tertiary/aromatic N) is 1. The number of benzene rings is 3. The summed E-state index contributed by atoms with van der Waals surface area (Å²) < 4.78 is 7.59. The number of carbonyl (C=O) groups is 1. The molecule has 28 heavy (non-hydrogen) atoms. The zero-order valence-corrected chi connectivity index (χ0v) is 15.8. The maximum Gasteiger partial charge on any atom is 0.189 e. The first-order valence-corrected chi connectivity index (χ1v) is 9.55. The number of aromatic nitrogens is 1. The molecule has 1 saturated heterocycles. The molecule has 0 unspecified atom stereocenters. The quantitative estimate of drug-likeness (QED) is 0.358. The van der Waals surface area contributed by atoms with Crippen molar-refractivity contribution in [3.8, 4) is 0 Å². The monoisotopic (exact) mass is 367 g/mol. The summed E-state index contributed by atoms with van der Waals surface area (Å²) in [7, 11) is 0. The van der Waals surface area contributed by atoms with E-state index in [2.05, 4.69) is 71.3 Å². The summed E-state index contributed by atoms with van der Waals surface area (Å²) in [6.45, 7) is 3.18. The lowest BCUT2D eigenvalue weighted by atomic mass is 10.1. The van der Waals surface area contributed by atoms with E-state index in [4.69, 9.17) is 4.74 Å². The van der Waals surface area contributed by atoms with E-state index in [1.165, 1.54) is 27.4 Å². The molecule has 5 rings (SSSR count). The van der Waals surface area contributed by atoms with Gasteiger partial charge in [0.05, 0.1) is 6.61 Å². The van der Waals surface area contributed by atoms with Crippen molar-refractivity contribution in [3.63, 3.8) is 0 Å². The Bertz CT molecular complexity index is 1210. The molecule has 138 valence electrons. The van der Waals surface area contributed by atoms with Crippen molar-refractivity contribution in [1.29, 1.82) is 0 Å². The summed E-state index contributed by atoms with van der Waals surface area (Å²) in [5.74, 6) is 0.0269. The van der Waals surface area contributed by atoms with Gasteiger partial charge in [-0.25, -0.2) is 0 Å². The summed E-state index contributed by atoms with van der Waals surface area (Å²) in [6.07, 6.45) is 3.52. The van der Waals surface area contributed by atoms with Gasteiger partial charge in [-0.05, 0) is 42.3 Å². The van der Waals surface area contributed by atoms with E-state index in [1.54, 1.807) is 6.08 Å². The van der Waals surface area contributed by atoms with Gasteiger partial charge in [0.15, 0.2) is 11.4 Å². The first-order chi connectivity index (χ1) is 13.6. The van der Waals surface area contributed by atoms with Gasteiger partial charge < -0.3 is 9.30 Å². The van der Waals surface area contributed by atoms with Crippen LogP contribution in [-0.2, 0) is 16.1 Å². The van der Waals surface area contributed by atoms with Crippen molar-refractivity contribution in [2.45, 2.75) is 19.1 Å². The van der Waals surface area contributed by atoms with Gasteiger partial charge in [0, 0.05) is 28.4 Å². The van der Waals surface area contributed by atoms with Crippen molar-refractivity contribution in [1.82, 2.24) is 4.57 Å². The molecule has 0 spiro atoms. The number of para-hydroxylation sites is 1. The van der Waals surface area contributed by atoms with Crippen molar-refractivity contribution in [2.75, 3.05) is 6.61 Å². The van der Waals surface area contributed by atoms with Crippen LogP contribution in [0.25, 0.3) is 27.9 Å². The van der Waals surface area contributed by atoms with E-state index in [-0.39, 0.29) is 5.78 Å². The number of hydrogen-bond donors (Lipinski definition) is 0. The lowest BCUT2D eigenvalue weighted by molar-refractivity contribution is -0.118. The number of ether oxygens (including phenoxy) is 1. The highest BCUT2D eigenvalue weighted by Gasteiger charge is 2.45. The van der Waals surface area contributed by atoms with Gasteiger partial charge in [0.2, 0.25) is 0 Å². The summed E-state index contributed by atoms with van der Waals surface area (Å²) in [5.41, 5.74) is 4.11. The average Bonchev–Trinajstić information content (AvgIpc) is 3.42. The third-order valence-electron chi connectivity index (χ3n) is 5.51. The molecular weight excluding hydrogens is 346 g/mol. The molecule has 2 heterocycles. The van der Waals surface area contributed by atoms with Gasteiger partial charge in [0.25, 0.3) is 0 Å². The maximum atomic E-state index is 12.2. The highest BCUT2D eigenvalue weighted by Crippen LogP contribution is 2.31. The normalized spacial score (nSPS) is 18.9. The molecule has 0 radical (unpaired) electrons. The molecule has 3 aromatic carbocycles. The minimum atomic E-state index is -0.605. The van der Waals surface area contributed by atoms with Crippen LogP contribution in [0.5, 0.6) is 0 Å². The number of ketones is 1. The molecule has 3 nitrogen and oxygen atoms in total. The Kier molecular flexibility index (Phi) is 3.92. The number of epoxide rings is 1. The number of fused-ring (bicyclic) bond motifs is 3. The Morgan fingerprint density at radius 2 is 1.71 bits per heavy atom. The van der Waals surface area contributed by atoms with E-state index < -0.39 is 5.60 Å². The Morgan fingerprint density at radius 1 is 1.00 bits per heavy atom.